The van der Waals surface area contributed by atoms with Crippen LogP contribution >= 0.6 is 23.2 Å². The highest BCUT2D eigenvalue weighted by molar-refractivity contribution is 6.35. The van der Waals surface area contributed by atoms with Crippen molar-refractivity contribution >= 4 is 41.1 Å². The standard InChI is InChI=1S/C13H13Cl2N5O/c1-2-7-20-13(17-18-19-20)16-12(21)6-4-9-3-5-10(14)8-11(9)15/h3-6,8H,2,7H2,1H3,(H,16,17,19,21). The van der Waals surface area contributed by atoms with Crippen molar-refractivity contribution in [1.29, 1.82) is 0 Å². The summed E-state index contributed by atoms with van der Waals surface area (Å²) in [5.74, 6) is -0.0260. The van der Waals surface area contributed by atoms with Crippen LogP contribution in [0.5, 0.6) is 0 Å². The maximum Gasteiger partial charge on any atom is 0.250 e. The molecule has 0 saturated carbocycles. The van der Waals surface area contributed by atoms with Crippen molar-refractivity contribution in [3.8, 4) is 0 Å². The summed E-state index contributed by atoms with van der Waals surface area (Å²) in [5.41, 5.74) is 0.698. The lowest BCUT2D eigenvalue weighted by Gasteiger charge is -2.02. The van der Waals surface area contributed by atoms with E-state index in [1.807, 2.05) is 6.92 Å². The maximum absolute atomic E-state index is 11.8. The van der Waals surface area contributed by atoms with E-state index >= 15 is 0 Å². The van der Waals surface area contributed by atoms with E-state index in [1.165, 1.54) is 10.8 Å². The molecule has 110 valence electrons. The number of rotatable bonds is 5. The van der Waals surface area contributed by atoms with Crippen molar-refractivity contribution in [2.24, 2.45) is 0 Å². The Balaban J connectivity index is 2.04. The Labute approximate surface area is 131 Å². The van der Waals surface area contributed by atoms with Crippen LogP contribution in [0.3, 0.4) is 0 Å². The number of nitrogens with one attached hydrogen (secondary N) is 1. The van der Waals surface area contributed by atoms with Gasteiger partial charge >= 0.3 is 0 Å². The minimum Gasteiger partial charge on any atom is -0.290 e. The first-order valence-electron chi connectivity index (χ1n) is 6.30. The minimum atomic E-state index is -0.340. The molecule has 0 aliphatic heterocycles. The van der Waals surface area contributed by atoms with Crippen molar-refractivity contribution in [1.82, 2.24) is 20.2 Å². The SMILES string of the molecule is CCCn1nnnc1NC(=O)C=Cc1ccc(Cl)cc1Cl. The first kappa shape index (κ1) is 15.5. The Morgan fingerprint density at radius 1 is 1.43 bits per heavy atom. The van der Waals surface area contributed by atoms with Gasteiger partial charge in [0.1, 0.15) is 0 Å². The molecule has 6 nitrogen and oxygen atoms in total. The number of amides is 1. The smallest absolute Gasteiger partial charge is 0.250 e. The average molecular weight is 326 g/mol. The van der Waals surface area contributed by atoms with Crippen LogP contribution in [0.4, 0.5) is 5.95 Å². The summed E-state index contributed by atoms with van der Waals surface area (Å²) in [4.78, 5) is 11.8. The molecule has 1 aromatic carbocycles. The summed E-state index contributed by atoms with van der Waals surface area (Å²) < 4.78 is 1.53. The molecule has 0 spiro atoms. The molecule has 8 heteroatoms. The summed E-state index contributed by atoms with van der Waals surface area (Å²) in [6.45, 7) is 2.63. The van der Waals surface area contributed by atoms with Crippen LogP contribution in [0.1, 0.15) is 18.9 Å². The molecular formula is C13H13Cl2N5O. The molecule has 1 N–H and O–H groups in total. The predicted octanol–water partition coefficient (Wildman–Crippen LogP) is 3.04. The molecule has 0 saturated heterocycles. The van der Waals surface area contributed by atoms with E-state index in [9.17, 15) is 4.79 Å². The van der Waals surface area contributed by atoms with E-state index in [2.05, 4.69) is 20.8 Å². The zero-order chi connectivity index (χ0) is 15.2. The molecule has 1 amide bonds. The molecule has 2 aromatic rings. The molecule has 21 heavy (non-hydrogen) atoms. The van der Waals surface area contributed by atoms with Crippen LogP contribution in [-0.2, 0) is 11.3 Å². The third-order valence-corrected chi connectivity index (χ3v) is 3.14. The molecule has 0 radical (unpaired) electrons. The van der Waals surface area contributed by atoms with Crippen LogP contribution in [0.15, 0.2) is 24.3 Å². The number of benzene rings is 1. The molecule has 2 rings (SSSR count). The van der Waals surface area contributed by atoms with Gasteiger partial charge in [0.25, 0.3) is 5.91 Å². The normalized spacial score (nSPS) is 11.0. The fourth-order valence-corrected chi connectivity index (χ4v) is 2.08. The highest BCUT2D eigenvalue weighted by Crippen LogP contribution is 2.21. The Kier molecular flexibility index (Phi) is 5.30. The number of hydrogen-bond donors (Lipinski definition) is 1. The number of anilines is 1. The monoisotopic (exact) mass is 325 g/mol. The second-order valence-electron chi connectivity index (χ2n) is 4.21. The third-order valence-electron chi connectivity index (χ3n) is 2.58. The fourth-order valence-electron chi connectivity index (χ4n) is 1.61. The van der Waals surface area contributed by atoms with E-state index in [-0.39, 0.29) is 5.91 Å². The van der Waals surface area contributed by atoms with E-state index in [0.29, 0.717) is 28.1 Å². The molecular weight excluding hydrogens is 313 g/mol. The minimum absolute atomic E-state index is 0.314. The van der Waals surface area contributed by atoms with Crippen LogP contribution in [0, 0.1) is 0 Å². The van der Waals surface area contributed by atoms with Gasteiger partial charge in [0, 0.05) is 22.7 Å². The number of carbonyl (C=O) groups is 1. The second kappa shape index (κ2) is 7.19. The summed E-state index contributed by atoms with van der Waals surface area (Å²) in [7, 11) is 0. The highest BCUT2D eigenvalue weighted by atomic mass is 35.5. The Morgan fingerprint density at radius 2 is 2.24 bits per heavy atom. The number of carbonyl (C=O) groups excluding carboxylic acids is 1. The summed E-state index contributed by atoms with van der Waals surface area (Å²) in [6.07, 6.45) is 3.83. The topological polar surface area (TPSA) is 72.7 Å². The largest absolute Gasteiger partial charge is 0.290 e. The number of aryl methyl sites for hydroxylation is 1. The van der Waals surface area contributed by atoms with Gasteiger partial charge in [-0.1, -0.05) is 41.3 Å². The number of nitrogens with zero attached hydrogens (tertiary/aromatic N) is 4. The first-order valence-corrected chi connectivity index (χ1v) is 7.06. The maximum atomic E-state index is 11.8. The fraction of sp³-hybridized carbons (Fsp3) is 0.231. The lowest BCUT2D eigenvalue weighted by atomic mass is 10.2. The van der Waals surface area contributed by atoms with Crippen LogP contribution in [-0.4, -0.2) is 26.1 Å². The van der Waals surface area contributed by atoms with Crippen LogP contribution in [0.2, 0.25) is 10.0 Å². The summed E-state index contributed by atoms with van der Waals surface area (Å²) >= 11 is 11.8. The van der Waals surface area contributed by atoms with Crippen molar-refractivity contribution in [2.75, 3.05) is 5.32 Å². The predicted molar refractivity (Wildman–Crippen MR) is 82.2 cm³/mol. The number of hydrogen-bond acceptors (Lipinski definition) is 4. The van der Waals surface area contributed by atoms with Gasteiger partial charge in [-0.05, 0) is 40.6 Å². The van der Waals surface area contributed by atoms with Gasteiger partial charge in [0.05, 0.1) is 0 Å². The van der Waals surface area contributed by atoms with Crippen molar-refractivity contribution in [2.45, 2.75) is 19.9 Å². The summed E-state index contributed by atoms with van der Waals surface area (Å²) in [6, 6.07) is 5.05. The highest BCUT2D eigenvalue weighted by Gasteiger charge is 2.07. The van der Waals surface area contributed by atoms with Crippen LogP contribution < -0.4 is 5.32 Å². The second-order valence-corrected chi connectivity index (χ2v) is 5.06. The molecule has 0 unspecified atom stereocenters. The van der Waals surface area contributed by atoms with Gasteiger partial charge in [-0.3, -0.25) is 10.1 Å². The number of aromatic nitrogens is 4. The van der Waals surface area contributed by atoms with Gasteiger partial charge in [0.15, 0.2) is 0 Å². The van der Waals surface area contributed by atoms with Gasteiger partial charge in [-0.15, -0.1) is 0 Å². The van der Waals surface area contributed by atoms with Crippen molar-refractivity contribution in [3.63, 3.8) is 0 Å². The van der Waals surface area contributed by atoms with Crippen LogP contribution in [0.25, 0.3) is 6.08 Å². The number of tetrazole rings is 1. The van der Waals surface area contributed by atoms with Gasteiger partial charge < -0.3 is 0 Å². The first-order chi connectivity index (χ1) is 10.1. The third kappa shape index (κ3) is 4.27. The van der Waals surface area contributed by atoms with Gasteiger partial charge in [0.2, 0.25) is 5.95 Å². The molecule has 0 aliphatic carbocycles. The molecule has 0 bridgehead atoms. The zero-order valence-corrected chi connectivity index (χ0v) is 12.8. The Morgan fingerprint density at radius 3 is 2.95 bits per heavy atom. The lowest BCUT2D eigenvalue weighted by molar-refractivity contribution is -0.111. The zero-order valence-electron chi connectivity index (χ0n) is 11.3. The Bertz CT molecular complexity index is 668. The molecule has 0 atom stereocenters. The lowest BCUT2D eigenvalue weighted by Crippen LogP contribution is -2.14. The van der Waals surface area contributed by atoms with Crippen molar-refractivity contribution in [3.05, 3.63) is 39.9 Å². The van der Waals surface area contributed by atoms with E-state index in [1.54, 1.807) is 24.3 Å². The van der Waals surface area contributed by atoms with E-state index in [0.717, 1.165) is 6.42 Å². The number of halogens is 2. The molecule has 1 heterocycles. The Hall–Kier alpha value is -1.92. The molecule has 0 aliphatic rings. The van der Waals surface area contributed by atoms with Crippen molar-refractivity contribution < 1.29 is 4.79 Å². The molecule has 1 aromatic heterocycles. The van der Waals surface area contributed by atoms with E-state index < -0.39 is 0 Å². The average Bonchev–Trinajstić information content (AvgIpc) is 2.85. The van der Waals surface area contributed by atoms with Gasteiger partial charge in [-0.25, -0.2) is 4.68 Å². The quantitative estimate of drug-likeness (QED) is 0.857. The van der Waals surface area contributed by atoms with E-state index in [4.69, 9.17) is 23.2 Å². The molecule has 0 fully saturated rings. The van der Waals surface area contributed by atoms with Gasteiger partial charge in [-0.2, -0.15) is 0 Å². The summed E-state index contributed by atoms with van der Waals surface area (Å²) in [5, 5.41) is 14.7.